The summed E-state index contributed by atoms with van der Waals surface area (Å²) in [5.41, 5.74) is 0. The molecule has 0 fully saturated rings. The fourth-order valence-corrected chi connectivity index (χ4v) is 0.316. The Morgan fingerprint density at radius 3 is 1.86 bits per heavy atom. The van der Waals surface area contributed by atoms with Crippen LogP contribution in [0.25, 0.3) is 0 Å². The first-order valence-corrected chi connectivity index (χ1v) is 2.21. The van der Waals surface area contributed by atoms with Crippen molar-refractivity contribution < 1.29 is 19.5 Å². The molecule has 0 aliphatic rings. The zero-order chi connectivity index (χ0) is 4.99. The minimum absolute atomic E-state index is 0. The first kappa shape index (κ1) is 10.5. The van der Waals surface area contributed by atoms with Gasteiger partial charge in [-0.25, -0.2) is 0 Å². The summed E-state index contributed by atoms with van der Waals surface area (Å²) in [5.74, 6) is 0. The Morgan fingerprint density at radius 2 is 1.86 bits per heavy atom. The van der Waals surface area contributed by atoms with Crippen LogP contribution >= 0.6 is 0 Å². The topological polar surface area (TPSA) is 3.24 Å². The van der Waals surface area contributed by atoms with Gasteiger partial charge in [0.25, 0.3) is 0 Å². The van der Waals surface area contributed by atoms with Gasteiger partial charge in [0.2, 0.25) is 0 Å². The van der Waals surface area contributed by atoms with E-state index in [9.17, 15) is 0 Å². The van der Waals surface area contributed by atoms with Crippen molar-refractivity contribution in [2.45, 2.75) is 6.42 Å². The molecule has 2 heteroatoms. The van der Waals surface area contributed by atoms with Crippen LogP contribution in [0.5, 0.6) is 0 Å². The van der Waals surface area contributed by atoms with Gasteiger partial charge in [-0.2, -0.15) is 6.42 Å². The predicted molar refractivity (Wildman–Crippen MR) is 28.5 cm³/mol. The van der Waals surface area contributed by atoms with E-state index < -0.39 is 0 Å². The molecule has 0 amide bonds. The Kier molecular flexibility index (Phi) is 9.92. The van der Waals surface area contributed by atoms with Crippen molar-refractivity contribution in [2.24, 2.45) is 0 Å². The molecule has 0 spiro atoms. The molecule has 0 aliphatic heterocycles. The van der Waals surface area contributed by atoms with Crippen LogP contribution in [0.1, 0.15) is 6.42 Å². The number of nitrogens with zero attached hydrogens (tertiary/aromatic N) is 1. The van der Waals surface area contributed by atoms with Gasteiger partial charge in [-0.3, -0.25) is 0 Å². The molecule has 0 N–H and O–H groups in total. The molecule has 0 aromatic heterocycles. The quantitative estimate of drug-likeness (QED) is 0.416. The van der Waals surface area contributed by atoms with Crippen LogP contribution in [0.2, 0.25) is 0 Å². The summed E-state index contributed by atoms with van der Waals surface area (Å²) in [6.07, 6.45) is 1.01. The summed E-state index contributed by atoms with van der Waals surface area (Å²) >= 11 is 0. The Hall–Kier alpha value is 0.583. The van der Waals surface area contributed by atoms with Crippen LogP contribution in [0.4, 0.5) is 0 Å². The van der Waals surface area contributed by atoms with Gasteiger partial charge in [0, 0.05) is 19.5 Å². The molecule has 0 aromatic rings. The van der Waals surface area contributed by atoms with Crippen molar-refractivity contribution in [3.8, 4) is 0 Å². The summed E-state index contributed by atoms with van der Waals surface area (Å²) < 4.78 is 0. The minimum atomic E-state index is 0. The largest absolute Gasteiger partial charge is 0.342 e. The van der Waals surface area contributed by atoms with Gasteiger partial charge in [0.15, 0.2) is 0 Å². The van der Waals surface area contributed by atoms with Gasteiger partial charge in [-0.15, -0.1) is 0 Å². The van der Waals surface area contributed by atoms with E-state index in [2.05, 4.69) is 11.8 Å². The van der Waals surface area contributed by atoms with Gasteiger partial charge in [-0.1, -0.05) is 0 Å². The van der Waals surface area contributed by atoms with Crippen molar-refractivity contribution in [2.75, 3.05) is 20.6 Å². The third-order valence-corrected chi connectivity index (χ3v) is 0.605. The SMILES string of the molecule is [CH2-]CCN(C)C.[Zn]. The van der Waals surface area contributed by atoms with Crippen LogP contribution < -0.4 is 0 Å². The molecular weight excluding hydrogens is 139 g/mol. The van der Waals surface area contributed by atoms with Crippen molar-refractivity contribution in [3.63, 3.8) is 0 Å². The molecule has 0 bridgehead atoms. The van der Waals surface area contributed by atoms with Crippen molar-refractivity contribution in [3.05, 3.63) is 6.92 Å². The van der Waals surface area contributed by atoms with Gasteiger partial charge in [0.05, 0.1) is 0 Å². The minimum Gasteiger partial charge on any atom is -0.342 e. The van der Waals surface area contributed by atoms with Crippen LogP contribution in [0.3, 0.4) is 0 Å². The molecule has 0 unspecified atom stereocenters. The maximum Gasteiger partial charge on any atom is 0 e. The van der Waals surface area contributed by atoms with Crippen LogP contribution in [-0.4, -0.2) is 25.5 Å². The standard InChI is InChI=1S/C5H12N.Zn/c1-4-5-6(2)3;/h1,4-5H2,2-3H3;/q-1;. The normalized spacial score (nSPS) is 8.57. The zero-order valence-corrected chi connectivity index (χ0v) is 8.24. The van der Waals surface area contributed by atoms with Gasteiger partial charge < -0.3 is 11.8 Å². The van der Waals surface area contributed by atoms with E-state index in [-0.39, 0.29) is 19.5 Å². The molecule has 7 heavy (non-hydrogen) atoms. The fraction of sp³-hybridized carbons (Fsp3) is 0.800. The first-order chi connectivity index (χ1) is 2.77. The van der Waals surface area contributed by atoms with Crippen molar-refractivity contribution >= 4 is 0 Å². The molecule has 0 atom stereocenters. The second-order valence-electron chi connectivity index (χ2n) is 1.66. The van der Waals surface area contributed by atoms with E-state index in [1.807, 2.05) is 14.1 Å². The van der Waals surface area contributed by atoms with E-state index in [0.717, 1.165) is 13.0 Å². The second kappa shape index (κ2) is 6.58. The van der Waals surface area contributed by atoms with Crippen molar-refractivity contribution in [1.82, 2.24) is 4.90 Å². The van der Waals surface area contributed by atoms with Gasteiger partial charge >= 0.3 is 0 Å². The van der Waals surface area contributed by atoms with Gasteiger partial charge in [-0.05, 0) is 20.6 Å². The monoisotopic (exact) mass is 150 g/mol. The maximum atomic E-state index is 3.68. The van der Waals surface area contributed by atoms with E-state index >= 15 is 0 Å². The molecule has 0 saturated heterocycles. The fourth-order valence-electron chi connectivity index (χ4n) is 0.316. The first-order valence-electron chi connectivity index (χ1n) is 2.21. The van der Waals surface area contributed by atoms with E-state index in [1.165, 1.54) is 0 Å². The zero-order valence-electron chi connectivity index (χ0n) is 5.28. The number of rotatable bonds is 2. The molecule has 40 valence electrons. The number of hydrogen-bond acceptors (Lipinski definition) is 1. The predicted octanol–water partition coefficient (Wildman–Crippen LogP) is 0.770. The molecule has 0 rings (SSSR count). The molecule has 1 nitrogen and oxygen atoms in total. The van der Waals surface area contributed by atoms with Crippen LogP contribution in [0.15, 0.2) is 0 Å². The third kappa shape index (κ3) is 10.8. The molecule has 0 radical (unpaired) electrons. The second-order valence-corrected chi connectivity index (χ2v) is 1.66. The van der Waals surface area contributed by atoms with E-state index in [4.69, 9.17) is 0 Å². The maximum absolute atomic E-state index is 3.68. The molecule has 0 heterocycles. The summed E-state index contributed by atoms with van der Waals surface area (Å²) in [7, 11) is 4.09. The Balaban J connectivity index is 0. The van der Waals surface area contributed by atoms with E-state index in [0.29, 0.717) is 0 Å². The molecule has 0 aliphatic carbocycles. The average Bonchev–Trinajstić information content (AvgIpc) is 1.35. The van der Waals surface area contributed by atoms with E-state index in [1.54, 1.807) is 0 Å². The van der Waals surface area contributed by atoms with Crippen LogP contribution in [0, 0.1) is 6.92 Å². The average molecular weight is 152 g/mol. The molecular formula is C5H12NZn-. The Bertz CT molecular complexity index is 29.3. The Morgan fingerprint density at radius 1 is 1.43 bits per heavy atom. The summed E-state index contributed by atoms with van der Waals surface area (Å²) in [6, 6.07) is 0. The summed E-state index contributed by atoms with van der Waals surface area (Å²) in [4.78, 5) is 2.12. The smallest absolute Gasteiger partial charge is 0 e. The number of hydrogen-bond donors (Lipinski definition) is 0. The summed E-state index contributed by atoms with van der Waals surface area (Å²) in [5, 5.41) is 0. The Labute approximate surface area is 58.8 Å². The summed E-state index contributed by atoms with van der Waals surface area (Å²) in [6.45, 7) is 4.78. The van der Waals surface area contributed by atoms with Crippen LogP contribution in [-0.2, 0) is 19.5 Å². The molecule has 0 saturated carbocycles. The van der Waals surface area contributed by atoms with Crippen molar-refractivity contribution in [1.29, 1.82) is 0 Å². The van der Waals surface area contributed by atoms with Gasteiger partial charge in [0.1, 0.15) is 0 Å². The molecule has 0 aromatic carbocycles. The third-order valence-electron chi connectivity index (χ3n) is 0.605.